The number of carboxylic acids is 1. The highest BCUT2D eigenvalue weighted by Crippen LogP contribution is 2.39. The van der Waals surface area contributed by atoms with E-state index in [1.54, 1.807) is 0 Å². The van der Waals surface area contributed by atoms with Crippen molar-refractivity contribution >= 4 is 17.6 Å². The Hall–Kier alpha value is -1.09. The van der Waals surface area contributed by atoms with Crippen LogP contribution < -0.4 is 0 Å². The highest BCUT2D eigenvalue weighted by molar-refractivity contribution is 6.31. The van der Waals surface area contributed by atoms with Gasteiger partial charge in [-0.3, -0.25) is 4.79 Å². The number of hydrogen-bond donors (Lipinski definition) is 1. The SMILES string of the molecule is O=C(O)C1CCc2c(F)ccc(Cl)c21. The van der Waals surface area contributed by atoms with Gasteiger partial charge in [-0.2, -0.15) is 0 Å². The standard InChI is InChI=1S/C10H8ClFO2/c11-7-3-4-8(12)5-1-2-6(9(5)7)10(13)14/h3-4,6H,1-2H2,(H,13,14). The Morgan fingerprint density at radius 2 is 2.29 bits per heavy atom. The number of aliphatic carboxylic acids is 1. The molecule has 0 saturated heterocycles. The first kappa shape index (κ1) is 9.46. The molecule has 0 amide bonds. The van der Waals surface area contributed by atoms with Gasteiger partial charge in [0.25, 0.3) is 0 Å². The zero-order chi connectivity index (χ0) is 10.3. The molecule has 1 aromatic carbocycles. The van der Waals surface area contributed by atoms with Gasteiger partial charge in [-0.25, -0.2) is 4.39 Å². The Labute approximate surface area is 85.3 Å². The van der Waals surface area contributed by atoms with Crippen LogP contribution in [0, 0.1) is 5.82 Å². The Bertz CT molecular complexity index is 403. The van der Waals surface area contributed by atoms with Gasteiger partial charge < -0.3 is 5.11 Å². The fourth-order valence-electron chi connectivity index (χ4n) is 1.92. The fraction of sp³-hybridized carbons (Fsp3) is 0.300. The van der Waals surface area contributed by atoms with Gasteiger partial charge in [0.2, 0.25) is 0 Å². The van der Waals surface area contributed by atoms with Crippen LogP contribution >= 0.6 is 11.6 Å². The molecule has 0 heterocycles. The maximum atomic E-state index is 13.3. The molecule has 0 aromatic heterocycles. The van der Waals surface area contributed by atoms with Crippen molar-refractivity contribution in [3.8, 4) is 0 Å². The molecule has 1 aliphatic rings. The molecular formula is C10H8ClFO2. The Balaban J connectivity index is 2.58. The molecule has 1 unspecified atom stereocenters. The van der Waals surface area contributed by atoms with E-state index in [2.05, 4.69) is 0 Å². The lowest BCUT2D eigenvalue weighted by Gasteiger charge is -2.08. The Morgan fingerprint density at radius 1 is 1.57 bits per heavy atom. The van der Waals surface area contributed by atoms with Crippen molar-refractivity contribution in [3.05, 3.63) is 34.1 Å². The minimum Gasteiger partial charge on any atom is -0.481 e. The fourth-order valence-corrected chi connectivity index (χ4v) is 2.23. The summed E-state index contributed by atoms with van der Waals surface area (Å²) in [6.45, 7) is 0. The van der Waals surface area contributed by atoms with Crippen molar-refractivity contribution in [1.82, 2.24) is 0 Å². The van der Waals surface area contributed by atoms with Crippen molar-refractivity contribution in [1.29, 1.82) is 0 Å². The highest BCUT2D eigenvalue weighted by atomic mass is 35.5. The van der Waals surface area contributed by atoms with Crippen molar-refractivity contribution in [2.24, 2.45) is 0 Å². The van der Waals surface area contributed by atoms with Crippen molar-refractivity contribution < 1.29 is 14.3 Å². The van der Waals surface area contributed by atoms with Gasteiger partial charge >= 0.3 is 5.97 Å². The lowest BCUT2D eigenvalue weighted by molar-refractivity contribution is -0.138. The van der Waals surface area contributed by atoms with Crippen LogP contribution in [0.5, 0.6) is 0 Å². The summed E-state index contributed by atoms with van der Waals surface area (Å²) in [4.78, 5) is 10.8. The molecule has 1 N–H and O–H groups in total. The zero-order valence-electron chi connectivity index (χ0n) is 7.26. The second kappa shape index (κ2) is 3.24. The predicted octanol–water partition coefficient (Wildman–Crippen LogP) is 2.59. The number of hydrogen-bond acceptors (Lipinski definition) is 1. The van der Waals surface area contributed by atoms with Crippen molar-refractivity contribution in [2.45, 2.75) is 18.8 Å². The number of halogens is 2. The second-order valence-corrected chi connectivity index (χ2v) is 3.76. The van der Waals surface area contributed by atoms with Crippen LogP contribution in [0.1, 0.15) is 23.5 Å². The number of benzene rings is 1. The lowest BCUT2D eigenvalue weighted by Crippen LogP contribution is -2.08. The molecular weight excluding hydrogens is 207 g/mol. The minimum atomic E-state index is -0.934. The molecule has 2 nitrogen and oxygen atoms in total. The molecule has 2 rings (SSSR count). The Kier molecular flexibility index (Phi) is 2.19. The van der Waals surface area contributed by atoms with E-state index < -0.39 is 11.9 Å². The number of carboxylic acid groups (broad SMARTS) is 1. The molecule has 14 heavy (non-hydrogen) atoms. The van der Waals surface area contributed by atoms with E-state index in [-0.39, 0.29) is 5.82 Å². The van der Waals surface area contributed by atoms with Gasteiger partial charge in [0.05, 0.1) is 5.92 Å². The topological polar surface area (TPSA) is 37.3 Å². The van der Waals surface area contributed by atoms with Gasteiger partial charge in [0, 0.05) is 5.02 Å². The third-order valence-electron chi connectivity index (χ3n) is 2.58. The number of carbonyl (C=O) groups is 1. The van der Waals surface area contributed by atoms with Gasteiger partial charge in [-0.1, -0.05) is 11.6 Å². The van der Waals surface area contributed by atoms with Crippen LogP contribution in [0.15, 0.2) is 12.1 Å². The van der Waals surface area contributed by atoms with E-state index in [0.29, 0.717) is 29.0 Å². The summed E-state index contributed by atoms with van der Waals surface area (Å²) in [5, 5.41) is 9.25. The number of rotatable bonds is 1. The second-order valence-electron chi connectivity index (χ2n) is 3.35. The smallest absolute Gasteiger partial charge is 0.311 e. The molecule has 0 fully saturated rings. The normalized spacial score (nSPS) is 19.4. The van der Waals surface area contributed by atoms with E-state index in [4.69, 9.17) is 16.7 Å². The largest absolute Gasteiger partial charge is 0.481 e. The molecule has 1 aliphatic carbocycles. The molecule has 0 aliphatic heterocycles. The summed E-state index contributed by atoms with van der Waals surface area (Å²) < 4.78 is 13.3. The average Bonchev–Trinajstić information content (AvgIpc) is 2.56. The maximum Gasteiger partial charge on any atom is 0.311 e. The molecule has 0 spiro atoms. The van der Waals surface area contributed by atoms with Crippen LogP contribution in [0.3, 0.4) is 0 Å². The molecule has 1 aromatic rings. The lowest BCUT2D eigenvalue weighted by atomic mass is 10.0. The minimum absolute atomic E-state index is 0.353. The van der Waals surface area contributed by atoms with Crippen molar-refractivity contribution in [2.75, 3.05) is 0 Å². The average molecular weight is 215 g/mol. The third-order valence-corrected chi connectivity index (χ3v) is 2.91. The van der Waals surface area contributed by atoms with E-state index in [1.165, 1.54) is 12.1 Å². The summed E-state index contributed by atoms with van der Waals surface area (Å²) in [6, 6.07) is 2.70. The summed E-state index contributed by atoms with van der Waals surface area (Å²) in [5.41, 5.74) is 0.920. The van der Waals surface area contributed by atoms with Gasteiger partial charge in [0.15, 0.2) is 0 Å². The Morgan fingerprint density at radius 3 is 2.93 bits per heavy atom. The first-order chi connectivity index (χ1) is 6.61. The molecule has 0 radical (unpaired) electrons. The summed E-state index contributed by atoms with van der Waals surface area (Å²) in [6.07, 6.45) is 0.893. The summed E-state index contributed by atoms with van der Waals surface area (Å²) >= 11 is 5.85. The number of fused-ring (bicyclic) bond motifs is 1. The first-order valence-corrected chi connectivity index (χ1v) is 4.68. The highest BCUT2D eigenvalue weighted by Gasteiger charge is 2.32. The van der Waals surface area contributed by atoms with Gasteiger partial charge in [-0.05, 0) is 36.1 Å². The predicted molar refractivity (Wildman–Crippen MR) is 50.1 cm³/mol. The van der Waals surface area contributed by atoms with Crippen molar-refractivity contribution in [3.63, 3.8) is 0 Å². The van der Waals surface area contributed by atoms with Crippen LogP contribution in [-0.2, 0) is 11.2 Å². The molecule has 4 heteroatoms. The maximum absolute atomic E-state index is 13.3. The first-order valence-electron chi connectivity index (χ1n) is 4.31. The quantitative estimate of drug-likeness (QED) is 0.780. The van der Waals surface area contributed by atoms with Crippen LogP contribution in [0.2, 0.25) is 5.02 Å². The molecule has 74 valence electrons. The van der Waals surface area contributed by atoms with E-state index in [0.717, 1.165) is 0 Å². The van der Waals surface area contributed by atoms with Gasteiger partial charge in [0.1, 0.15) is 5.82 Å². The summed E-state index contributed by atoms with van der Waals surface area (Å²) in [5.74, 6) is -1.93. The van der Waals surface area contributed by atoms with Crippen LogP contribution in [0.25, 0.3) is 0 Å². The zero-order valence-corrected chi connectivity index (χ0v) is 8.01. The van der Waals surface area contributed by atoms with Crippen LogP contribution in [-0.4, -0.2) is 11.1 Å². The molecule has 0 saturated carbocycles. The summed E-state index contributed by atoms with van der Waals surface area (Å²) in [7, 11) is 0. The van der Waals surface area contributed by atoms with E-state index in [9.17, 15) is 9.18 Å². The molecule has 1 atom stereocenters. The third kappa shape index (κ3) is 1.28. The van der Waals surface area contributed by atoms with Crippen LogP contribution in [0.4, 0.5) is 4.39 Å². The van der Waals surface area contributed by atoms with E-state index in [1.807, 2.05) is 0 Å². The van der Waals surface area contributed by atoms with Gasteiger partial charge in [-0.15, -0.1) is 0 Å². The monoisotopic (exact) mass is 214 g/mol. The van der Waals surface area contributed by atoms with E-state index >= 15 is 0 Å². The molecule has 0 bridgehead atoms.